The molecule has 0 radical (unpaired) electrons. The molecule has 11 heteroatoms. The number of hydrogen-bond donors (Lipinski definition) is 3. The maximum Gasteiger partial charge on any atom is 0.277 e. The average Bonchev–Trinajstić information content (AvgIpc) is 2.95. The van der Waals surface area contributed by atoms with Crippen LogP contribution >= 0.6 is 0 Å². The molecule has 10 nitrogen and oxygen atoms in total. The summed E-state index contributed by atoms with van der Waals surface area (Å²) in [5.41, 5.74) is 3.20. The minimum Gasteiger partial charge on any atom is -0.493 e. The van der Waals surface area contributed by atoms with Gasteiger partial charge in [-0.1, -0.05) is 18.2 Å². The first-order chi connectivity index (χ1) is 18.4. The number of nitrogens with one attached hydrogen (secondary N) is 2. The van der Waals surface area contributed by atoms with Crippen molar-refractivity contribution in [3.63, 3.8) is 0 Å². The molecule has 1 aliphatic heterocycles. The smallest absolute Gasteiger partial charge is 0.277 e. The Labute approximate surface area is 219 Å². The third-order valence-corrected chi connectivity index (χ3v) is 6.21. The lowest BCUT2D eigenvalue weighted by atomic mass is 9.99. The number of piperidine rings is 1. The minimum absolute atomic E-state index is 0.103. The second-order valence-corrected chi connectivity index (χ2v) is 8.63. The Kier molecular flexibility index (Phi) is 8.49. The Bertz CT molecular complexity index is 1320. The highest BCUT2D eigenvalue weighted by Crippen LogP contribution is 2.31. The predicted molar refractivity (Wildman–Crippen MR) is 138 cm³/mol. The molecule has 2 aromatic carbocycles. The molecule has 0 bridgehead atoms. The van der Waals surface area contributed by atoms with Crippen LogP contribution in [-0.4, -0.2) is 60.3 Å². The fraction of sp³-hybridized carbons (Fsp3) is 0.259. The summed E-state index contributed by atoms with van der Waals surface area (Å²) < 4.78 is 24.6. The van der Waals surface area contributed by atoms with Gasteiger partial charge in [-0.15, -0.1) is 0 Å². The Morgan fingerprint density at radius 1 is 1.03 bits per heavy atom. The lowest BCUT2D eigenvalue weighted by Gasteiger charge is -2.32. The van der Waals surface area contributed by atoms with E-state index in [1.165, 1.54) is 38.7 Å². The normalized spacial score (nSPS) is 14.1. The molecule has 4 rings (SSSR count). The molecule has 0 saturated carbocycles. The van der Waals surface area contributed by atoms with Crippen molar-refractivity contribution in [1.29, 1.82) is 0 Å². The second-order valence-electron chi connectivity index (χ2n) is 8.63. The molecule has 198 valence electrons. The summed E-state index contributed by atoms with van der Waals surface area (Å²) >= 11 is 0. The third-order valence-electron chi connectivity index (χ3n) is 6.21. The maximum absolute atomic E-state index is 13.9. The first-order valence-corrected chi connectivity index (χ1v) is 11.9. The van der Waals surface area contributed by atoms with E-state index >= 15 is 0 Å². The van der Waals surface area contributed by atoms with Crippen LogP contribution in [0.5, 0.6) is 11.5 Å². The zero-order valence-corrected chi connectivity index (χ0v) is 21.0. The van der Waals surface area contributed by atoms with Gasteiger partial charge in [0.1, 0.15) is 5.82 Å². The molecule has 38 heavy (non-hydrogen) atoms. The van der Waals surface area contributed by atoms with Crippen molar-refractivity contribution in [2.75, 3.05) is 32.2 Å². The number of anilines is 1. The first kappa shape index (κ1) is 26.6. The van der Waals surface area contributed by atoms with Crippen LogP contribution in [0.3, 0.4) is 0 Å². The molecule has 1 fully saturated rings. The van der Waals surface area contributed by atoms with Crippen LogP contribution in [-0.2, 0) is 4.79 Å². The number of hydrogen-bond acceptors (Lipinski definition) is 8. The van der Waals surface area contributed by atoms with Crippen molar-refractivity contribution in [3.8, 4) is 11.5 Å². The number of benzene rings is 2. The van der Waals surface area contributed by atoms with E-state index < -0.39 is 11.7 Å². The van der Waals surface area contributed by atoms with E-state index in [1.807, 2.05) is 4.90 Å². The lowest BCUT2D eigenvalue weighted by molar-refractivity contribution is -0.116. The minimum atomic E-state index is -0.686. The topological polar surface area (TPSA) is 126 Å². The average molecular weight is 522 g/mol. The molecule has 1 aliphatic rings. The molecule has 1 aromatic heterocycles. The monoisotopic (exact) mass is 521 g/mol. The zero-order chi connectivity index (χ0) is 27.1. The summed E-state index contributed by atoms with van der Waals surface area (Å²) in [4.78, 5) is 35.3. The van der Waals surface area contributed by atoms with E-state index in [2.05, 4.69) is 15.3 Å². The van der Waals surface area contributed by atoms with E-state index in [0.29, 0.717) is 60.1 Å². The van der Waals surface area contributed by atoms with Crippen LogP contribution in [0.15, 0.2) is 54.9 Å². The summed E-state index contributed by atoms with van der Waals surface area (Å²) in [6, 6.07) is 11.1. The van der Waals surface area contributed by atoms with E-state index in [1.54, 1.807) is 41.9 Å². The molecule has 1 saturated heterocycles. The number of methoxy groups -OCH3 is 2. The number of nitrogens with zero attached hydrogens (tertiary/aromatic N) is 3. The number of hydroxylamine groups is 1. The highest BCUT2D eigenvalue weighted by molar-refractivity contribution is 6.24. The second kappa shape index (κ2) is 12.2. The van der Waals surface area contributed by atoms with Crippen molar-refractivity contribution in [3.05, 3.63) is 77.4 Å². The fourth-order valence-electron chi connectivity index (χ4n) is 4.20. The van der Waals surface area contributed by atoms with Gasteiger partial charge in [-0.25, -0.2) is 19.8 Å². The Balaban J connectivity index is 1.49. The van der Waals surface area contributed by atoms with Crippen LogP contribution in [0.2, 0.25) is 0 Å². The van der Waals surface area contributed by atoms with Gasteiger partial charge < -0.3 is 19.7 Å². The summed E-state index contributed by atoms with van der Waals surface area (Å²) in [5, 5.41) is 11.8. The van der Waals surface area contributed by atoms with E-state index in [9.17, 15) is 14.0 Å². The van der Waals surface area contributed by atoms with Gasteiger partial charge >= 0.3 is 0 Å². The number of aromatic nitrogens is 2. The van der Waals surface area contributed by atoms with Gasteiger partial charge in [0.05, 0.1) is 19.8 Å². The molecule has 3 aromatic rings. The van der Waals surface area contributed by atoms with E-state index in [-0.39, 0.29) is 17.5 Å². The van der Waals surface area contributed by atoms with Crippen LogP contribution in [0.4, 0.5) is 10.3 Å². The molecule has 2 amide bonds. The summed E-state index contributed by atoms with van der Waals surface area (Å²) in [5.74, 6) is 0.0805. The lowest BCUT2D eigenvalue weighted by Crippen LogP contribution is -2.45. The highest BCUT2D eigenvalue weighted by atomic mass is 19.1. The van der Waals surface area contributed by atoms with Gasteiger partial charge in [0, 0.05) is 37.1 Å². The van der Waals surface area contributed by atoms with Gasteiger partial charge in [-0.2, -0.15) is 0 Å². The van der Waals surface area contributed by atoms with Crippen LogP contribution in [0.1, 0.15) is 34.3 Å². The van der Waals surface area contributed by atoms with Crippen molar-refractivity contribution in [2.45, 2.75) is 18.9 Å². The maximum atomic E-state index is 13.9. The number of ether oxygens (including phenoxy) is 2. The van der Waals surface area contributed by atoms with E-state index in [0.717, 1.165) is 0 Å². The Morgan fingerprint density at radius 3 is 2.37 bits per heavy atom. The molecule has 0 aliphatic carbocycles. The molecular formula is C27H28FN5O5. The number of amides is 2. The summed E-state index contributed by atoms with van der Waals surface area (Å²) in [6.45, 7) is 1.19. The van der Waals surface area contributed by atoms with Gasteiger partial charge in [0.25, 0.3) is 11.8 Å². The third kappa shape index (κ3) is 6.24. The number of rotatable bonds is 8. The molecule has 0 spiro atoms. The molecule has 0 atom stereocenters. The van der Waals surface area contributed by atoms with Crippen LogP contribution < -0.4 is 25.2 Å². The molecular weight excluding hydrogens is 493 g/mol. The van der Waals surface area contributed by atoms with Crippen molar-refractivity contribution < 1.29 is 28.7 Å². The Morgan fingerprint density at radius 2 is 1.74 bits per heavy atom. The van der Waals surface area contributed by atoms with Crippen molar-refractivity contribution >= 4 is 29.4 Å². The van der Waals surface area contributed by atoms with Gasteiger partial charge in [-0.05, 0) is 54.3 Å². The number of carbonyl (C=O) groups excluding carboxylic acids is 2. The van der Waals surface area contributed by atoms with Crippen LogP contribution in [0.25, 0.3) is 11.6 Å². The zero-order valence-electron chi connectivity index (χ0n) is 21.0. The standard InChI is InChI=1S/C27H28FN5O5/c1-37-23-7-6-18(14-24(23)38-2)22(13-17-4-3-5-20(28)12-17)26(35)31-21-8-10-33(11-9-21)27-29-15-19(16-30-27)25(34)32-36/h3-7,12-16,21,36H,8-11H2,1-2H3,(H,31,35)(H,32,34). The van der Waals surface area contributed by atoms with Gasteiger partial charge in [0.2, 0.25) is 5.95 Å². The highest BCUT2D eigenvalue weighted by Gasteiger charge is 2.24. The Hall–Kier alpha value is -4.51. The van der Waals surface area contributed by atoms with Gasteiger partial charge in [-0.3, -0.25) is 14.8 Å². The fourth-order valence-corrected chi connectivity index (χ4v) is 4.20. The quantitative estimate of drug-likeness (QED) is 0.179. The molecule has 3 N–H and O–H groups in total. The summed E-state index contributed by atoms with van der Waals surface area (Å²) in [7, 11) is 3.05. The number of carbonyl (C=O) groups is 2. The van der Waals surface area contributed by atoms with Crippen molar-refractivity contribution in [1.82, 2.24) is 20.8 Å². The number of halogens is 1. The molecule has 0 unspecified atom stereocenters. The van der Waals surface area contributed by atoms with Gasteiger partial charge in [0.15, 0.2) is 11.5 Å². The SMILES string of the molecule is COc1ccc(C(=Cc2cccc(F)c2)C(=O)NC2CCN(c3ncc(C(=O)NO)cn3)CC2)cc1OC. The van der Waals surface area contributed by atoms with Crippen LogP contribution in [0, 0.1) is 5.82 Å². The largest absolute Gasteiger partial charge is 0.493 e. The molecule has 2 heterocycles. The predicted octanol–water partition coefficient (Wildman–Crippen LogP) is 3.08. The first-order valence-electron chi connectivity index (χ1n) is 11.9. The van der Waals surface area contributed by atoms with E-state index in [4.69, 9.17) is 14.7 Å². The summed E-state index contributed by atoms with van der Waals surface area (Å²) in [6.07, 6.45) is 5.62. The van der Waals surface area contributed by atoms with Crippen molar-refractivity contribution in [2.24, 2.45) is 0 Å².